The Bertz CT molecular complexity index is 757. The molecule has 1 atom stereocenters. The largest absolute Gasteiger partial charge is 0.379 e. The van der Waals surface area contributed by atoms with Gasteiger partial charge in [0.05, 0.1) is 24.9 Å². The van der Waals surface area contributed by atoms with Crippen LogP contribution in [0.2, 0.25) is 0 Å². The summed E-state index contributed by atoms with van der Waals surface area (Å²) in [6.45, 7) is 4.37. The molecule has 27 heavy (non-hydrogen) atoms. The first-order valence-corrected chi connectivity index (χ1v) is 9.76. The number of aromatic nitrogens is 4. The van der Waals surface area contributed by atoms with Crippen molar-refractivity contribution in [1.29, 1.82) is 0 Å². The quantitative estimate of drug-likeness (QED) is 0.851. The van der Waals surface area contributed by atoms with Crippen LogP contribution in [-0.2, 0) is 17.7 Å². The van der Waals surface area contributed by atoms with Gasteiger partial charge in [-0.1, -0.05) is 12.5 Å². The van der Waals surface area contributed by atoms with Crippen LogP contribution in [0.25, 0.3) is 0 Å². The lowest BCUT2D eigenvalue weighted by molar-refractivity contribution is 0.0153. The highest BCUT2D eigenvalue weighted by atomic mass is 16.5. The molecule has 0 aromatic carbocycles. The molecule has 1 N–H and O–H groups in total. The van der Waals surface area contributed by atoms with E-state index < -0.39 is 0 Å². The molecule has 1 unspecified atom stereocenters. The van der Waals surface area contributed by atoms with E-state index in [0.717, 1.165) is 50.4 Å². The molecule has 4 rings (SSSR count). The highest BCUT2D eigenvalue weighted by Gasteiger charge is 2.26. The van der Waals surface area contributed by atoms with Crippen molar-refractivity contribution in [2.45, 2.75) is 38.3 Å². The van der Waals surface area contributed by atoms with E-state index in [9.17, 15) is 4.79 Å². The van der Waals surface area contributed by atoms with Crippen molar-refractivity contribution < 1.29 is 9.53 Å². The summed E-state index contributed by atoms with van der Waals surface area (Å²) in [6.07, 6.45) is 6.03. The summed E-state index contributed by atoms with van der Waals surface area (Å²) in [5.41, 5.74) is 0.958. The number of carbonyl (C=O) groups is 1. The second-order valence-electron chi connectivity index (χ2n) is 7.03. The highest BCUT2D eigenvalue weighted by Crippen LogP contribution is 2.20. The van der Waals surface area contributed by atoms with Gasteiger partial charge in [0.25, 0.3) is 5.91 Å². The maximum Gasteiger partial charge on any atom is 0.289 e. The van der Waals surface area contributed by atoms with E-state index in [1.165, 1.54) is 6.42 Å². The van der Waals surface area contributed by atoms with Gasteiger partial charge >= 0.3 is 0 Å². The van der Waals surface area contributed by atoms with Gasteiger partial charge in [-0.05, 0) is 25.0 Å². The van der Waals surface area contributed by atoms with E-state index in [0.29, 0.717) is 25.6 Å². The molecule has 2 aliphatic heterocycles. The molecule has 144 valence electrons. The molecule has 8 nitrogen and oxygen atoms in total. The van der Waals surface area contributed by atoms with Gasteiger partial charge in [-0.3, -0.25) is 14.7 Å². The summed E-state index contributed by atoms with van der Waals surface area (Å²) >= 11 is 0. The number of fused-ring (bicyclic) bond motifs is 1. The third kappa shape index (κ3) is 4.17. The van der Waals surface area contributed by atoms with Gasteiger partial charge < -0.3 is 14.6 Å². The molecule has 1 fully saturated rings. The highest BCUT2D eigenvalue weighted by molar-refractivity contribution is 5.90. The Labute approximate surface area is 158 Å². The molecule has 2 aromatic rings. The number of hydrogen-bond acceptors (Lipinski definition) is 6. The zero-order valence-corrected chi connectivity index (χ0v) is 15.5. The van der Waals surface area contributed by atoms with Crippen LogP contribution < -0.4 is 5.32 Å². The minimum absolute atomic E-state index is 0.0191. The summed E-state index contributed by atoms with van der Waals surface area (Å²) in [5.74, 6) is 1.19. The number of ether oxygens (including phenoxy) is 1. The first-order chi connectivity index (χ1) is 13.3. The fraction of sp³-hybridized carbons (Fsp3) is 0.579. The van der Waals surface area contributed by atoms with Gasteiger partial charge in [-0.2, -0.15) is 0 Å². The van der Waals surface area contributed by atoms with Gasteiger partial charge in [-0.15, -0.1) is 10.2 Å². The predicted octanol–water partition coefficient (Wildman–Crippen LogP) is 1.20. The van der Waals surface area contributed by atoms with Crippen LogP contribution in [-0.4, -0.2) is 63.4 Å². The summed E-state index contributed by atoms with van der Waals surface area (Å²) in [4.78, 5) is 19.6. The Morgan fingerprint density at radius 2 is 2.04 bits per heavy atom. The number of amides is 1. The van der Waals surface area contributed by atoms with Gasteiger partial charge in [0.2, 0.25) is 5.82 Å². The van der Waals surface area contributed by atoms with Crippen molar-refractivity contribution in [3.63, 3.8) is 0 Å². The summed E-state index contributed by atoms with van der Waals surface area (Å²) in [5, 5.41) is 11.4. The van der Waals surface area contributed by atoms with Crippen LogP contribution >= 0.6 is 0 Å². The Morgan fingerprint density at radius 1 is 1.15 bits per heavy atom. The van der Waals surface area contributed by atoms with Crippen LogP contribution in [0.1, 0.15) is 47.4 Å². The molecule has 1 saturated heterocycles. The molecular weight excluding hydrogens is 344 g/mol. The standard InChI is InChI=1S/C19H26N6O2/c26-19(18-23-22-17-7-2-1-5-9-25(17)18)21-14-16(15-6-3-4-8-20-15)24-10-12-27-13-11-24/h3-4,6,8,16H,1-2,5,7,9-14H2,(H,21,26). The number of nitrogens with zero attached hydrogens (tertiary/aromatic N) is 5. The lowest BCUT2D eigenvalue weighted by Crippen LogP contribution is -2.44. The van der Waals surface area contributed by atoms with Gasteiger partial charge in [0, 0.05) is 38.8 Å². The molecule has 0 spiro atoms. The number of rotatable bonds is 5. The molecular formula is C19H26N6O2. The van der Waals surface area contributed by atoms with Crippen molar-refractivity contribution in [2.24, 2.45) is 0 Å². The lowest BCUT2D eigenvalue weighted by atomic mass is 10.1. The first kappa shape index (κ1) is 18.1. The van der Waals surface area contributed by atoms with Gasteiger partial charge in [0.1, 0.15) is 5.82 Å². The molecule has 0 saturated carbocycles. The second kappa shape index (κ2) is 8.58. The van der Waals surface area contributed by atoms with Crippen molar-refractivity contribution in [1.82, 2.24) is 30.0 Å². The molecule has 1 amide bonds. The van der Waals surface area contributed by atoms with Crippen LogP contribution in [0.5, 0.6) is 0 Å². The van der Waals surface area contributed by atoms with E-state index in [4.69, 9.17) is 4.74 Å². The monoisotopic (exact) mass is 370 g/mol. The van der Waals surface area contributed by atoms with Crippen molar-refractivity contribution in [2.75, 3.05) is 32.8 Å². The van der Waals surface area contributed by atoms with Crippen molar-refractivity contribution in [3.05, 3.63) is 41.7 Å². The van der Waals surface area contributed by atoms with E-state index in [-0.39, 0.29) is 11.9 Å². The number of nitrogens with one attached hydrogen (secondary N) is 1. The average Bonchev–Trinajstić information content (AvgIpc) is 2.98. The smallest absolute Gasteiger partial charge is 0.289 e. The number of pyridine rings is 1. The maximum atomic E-state index is 12.8. The van der Waals surface area contributed by atoms with E-state index in [1.807, 2.05) is 22.8 Å². The summed E-state index contributed by atoms with van der Waals surface area (Å²) in [6, 6.07) is 5.92. The van der Waals surface area contributed by atoms with Crippen LogP contribution in [0.15, 0.2) is 24.4 Å². The zero-order valence-electron chi connectivity index (χ0n) is 15.5. The Morgan fingerprint density at radius 3 is 2.85 bits per heavy atom. The second-order valence-corrected chi connectivity index (χ2v) is 7.03. The maximum absolute atomic E-state index is 12.8. The SMILES string of the molecule is O=C(NCC(c1ccccn1)N1CCOCC1)c1nnc2n1CCCCC2. The topological polar surface area (TPSA) is 85.2 Å². The number of hydrogen-bond donors (Lipinski definition) is 1. The number of morpholine rings is 1. The zero-order chi connectivity index (χ0) is 18.5. The summed E-state index contributed by atoms with van der Waals surface area (Å²) in [7, 11) is 0. The minimum Gasteiger partial charge on any atom is -0.379 e. The third-order valence-corrected chi connectivity index (χ3v) is 5.28. The van der Waals surface area contributed by atoms with E-state index >= 15 is 0 Å². The fourth-order valence-electron chi connectivity index (χ4n) is 3.80. The van der Waals surface area contributed by atoms with E-state index in [1.54, 1.807) is 6.20 Å². The van der Waals surface area contributed by atoms with Gasteiger partial charge in [0.15, 0.2) is 0 Å². The van der Waals surface area contributed by atoms with Gasteiger partial charge in [-0.25, -0.2) is 0 Å². The normalized spacial score (nSPS) is 19.1. The molecule has 4 heterocycles. The fourth-order valence-corrected chi connectivity index (χ4v) is 3.80. The molecule has 0 radical (unpaired) electrons. The van der Waals surface area contributed by atoms with Crippen LogP contribution in [0.4, 0.5) is 0 Å². The minimum atomic E-state index is -0.162. The van der Waals surface area contributed by atoms with Crippen molar-refractivity contribution in [3.8, 4) is 0 Å². The van der Waals surface area contributed by atoms with E-state index in [2.05, 4.69) is 25.4 Å². The van der Waals surface area contributed by atoms with Crippen LogP contribution in [0.3, 0.4) is 0 Å². The molecule has 2 aliphatic rings. The summed E-state index contributed by atoms with van der Waals surface area (Å²) < 4.78 is 7.45. The predicted molar refractivity (Wildman–Crippen MR) is 99.3 cm³/mol. The van der Waals surface area contributed by atoms with Crippen molar-refractivity contribution >= 4 is 5.91 Å². The average molecular weight is 370 g/mol. The Hall–Kier alpha value is -2.32. The molecule has 8 heteroatoms. The number of carbonyl (C=O) groups excluding carboxylic acids is 1. The molecule has 0 aliphatic carbocycles. The molecule has 0 bridgehead atoms. The van der Waals surface area contributed by atoms with Crippen LogP contribution in [0, 0.1) is 0 Å². The number of aryl methyl sites for hydroxylation is 1. The lowest BCUT2D eigenvalue weighted by Gasteiger charge is -2.34. The Kier molecular flexibility index (Phi) is 5.74. The first-order valence-electron chi connectivity index (χ1n) is 9.76. The third-order valence-electron chi connectivity index (χ3n) is 5.28. The Balaban J connectivity index is 1.47. The molecule has 2 aromatic heterocycles.